The third-order valence-corrected chi connectivity index (χ3v) is 5.40. The van der Waals surface area contributed by atoms with Gasteiger partial charge in [-0.1, -0.05) is 12.1 Å². The summed E-state index contributed by atoms with van der Waals surface area (Å²) in [5.74, 6) is 0.0694. The molecule has 2 N–H and O–H groups in total. The quantitative estimate of drug-likeness (QED) is 0.525. The Labute approximate surface area is 155 Å². The largest absolute Gasteiger partial charge is 0.495 e. The maximum Gasteiger partial charge on any atom is 0.240 e. The average Bonchev–Trinajstić information content (AvgIpc) is 2.63. The van der Waals surface area contributed by atoms with Crippen LogP contribution < -0.4 is 19.3 Å². The number of nitrogens with zero attached hydrogens (tertiary/aromatic N) is 1. The van der Waals surface area contributed by atoms with Crippen LogP contribution in [0.1, 0.15) is 6.42 Å². The third kappa shape index (κ3) is 6.15. The van der Waals surface area contributed by atoms with Gasteiger partial charge in [0.2, 0.25) is 15.9 Å². The number of benzene rings is 1. The Kier molecular flexibility index (Phi) is 7.67. The smallest absolute Gasteiger partial charge is 0.240 e. The predicted molar refractivity (Wildman–Crippen MR) is 99.2 cm³/mol. The summed E-state index contributed by atoms with van der Waals surface area (Å²) in [6.45, 7) is 4.75. The number of carbonyl (C=O) groups excluding carboxylic acids is 1. The van der Waals surface area contributed by atoms with Gasteiger partial charge >= 0.3 is 0 Å². The summed E-state index contributed by atoms with van der Waals surface area (Å²) in [7, 11) is -2.15. The summed E-state index contributed by atoms with van der Waals surface area (Å²) in [5, 5.41) is 2.80. The maximum absolute atomic E-state index is 12.2. The molecule has 9 heteroatoms. The van der Waals surface area contributed by atoms with Gasteiger partial charge in [0.15, 0.2) is 0 Å². The number of quaternary nitrogens is 1. The molecule has 1 saturated heterocycles. The van der Waals surface area contributed by atoms with E-state index in [9.17, 15) is 13.2 Å². The summed E-state index contributed by atoms with van der Waals surface area (Å²) in [6, 6.07) is 6.74. The highest BCUT2D eigenvalue weighted by molar-refractivity contribution is 7.92. The minimum absolute atomic E-state index is 0.274. The molecule has 0 bridgehead atoms. The van der Waals surface area contributed by atoms with Crippen LogP contribution in [0.25, 0.3) is 0 Å². The van der Waals surface area contributed by atoms with Gasteiger partial charge in [0, 0.05) is 13.0 Å². The van der Waals surface area contributed by atoms with E-state index in [1.165, 1.54) is 12.0 Å². The Morgan fingerprint density at radius 1 is 1.31 bits per heavy atom. The Morgan fingerprint density at radius 2 is 2.00 bits per heavy atom. The number of sulfonamides is 1. The van der Waals surface area contributed by atoms with Crippen molar-refractivity contribution >= 4 is 21.6 Å². The molecule has 0 unspecified atom stereocenters. The van der Waals surface area contributed by atoms with Crippen LogP contribution in [0.2, 0.25) is 0 Å². The van der Waals surface area contributed by atoms with Gasteiger partial charge in [-0.05, 0) is 12.1 Å². The van der Waals surface area contributed by atoms with Crippen molar-refractivity contribution in [1.29, 1.82) is 0 Å². The van der Waals surface area contributed by atoms with E-state index < -0.39 is 10.0 Å². The zero-order chi connectivity index (χ0) is 19.0. The zero-order valence-corrected chi connectivity index (χ0v) is 16.2. The minimum Gasteiger partial charge on any atom is -0.495 e. The molecule has 8 nitrogen and oxygen atoms in total. The highest BCUT2D eigenvalue weighted by Gasteiger charge is 2.23. The van der Waals surface area contributed by atoms with Crippen LogP contribution in [-0.2, 0) is 19.6 Å². The number of methoxy groups -OCH3 is 1. The van der Waals surface area contributed by atoms with Crippen LogP contribution in [0.15, 0.2) is 24.3 Å². The van der Waals surface area contributed by atoms with E-state index in [0.29, 0.717) is 18.0 Å². The molecule has 0 atom stereocenters. The van der Waals surface area contributed by atoms with Gasteiger partial charge in [-0.2, -0.15) is 0 Å². The molecular formula is C17H28N3O5S+. The van der Waals surface area contributed by atoms with Gasteiger partial charge < -0.3 is 19.7 Å². The SMILES string of the molecule is COc1ccccc1N(CC(=O)NCCC[NH+]1CCOCC1)S(C)(=O)=O. The van der Waals surface area contributed by atoms with Gasteiger partial charge in [-0.15, -0.1) is 0 Å². The molecule has 26 heavy (non-hydrogen) atoms. The Morgan fingerprint density at radius 3 is 2.65 bits per heavy atom. The van der Waals surface area contributed by atoms with Crippen molar-refractivity contribution in [3.63, 3.8) is 0 Å². The van der Waals surface area contributed by atoms with Crippen LogP contribution in [0, 0.1) is 0 Å². The molecule has 1 aliphatic heterocycles. The average molecular weight is 386 g/mol. The lowest BCUT2D eigenvalue weighted by molar-refractivity contribution is -0.908. The molecule has 1 heterocycles. The molecule has 0 aromatic heterocycles. The molecule has 0 radical (unpaired) electrons. The monoisotopic (exact) mass is 386 g/mol. The Bertz CT molecular complexity index is 689. The second kappa shape index (κ2) is 9.75. The number of anilines is 1. The van der Waals surface area contributed by atoms with Crippen molar-refractivity contribution in [2.24, 2.45) is 0 Å². The molecule has 146 valence electrons. The molecular weight excluding hydrogens is 358 g/mol. The van der Waals surface area contributed by atoms with Gasteiger partial charge in [0.05, 0.1) is 38.8 Å². The van der Waals surface area contributed by atoms with Crippen molar-refractivity contribution in [1.82, 2.24) is 5.32 Å². The molecule has 2 rings (SSSR count). The lowest BCUT2D eigenvalue weighted by atomic mass is 10.3. The van der Waals surface area contributed by atoms with Crippen molar-refractivity contribution < 1.29 is 27.6 Å². The molecule has 1 aromatic rings. The maximum atomic E-state index is 12.2. The normalized spacial score (nSPS) is 15.5. The van der Waals surface area contributed by atoms with Crippen molar-refractivity contribution in [3.05, 3.63) is 24.3 Å². The lowest BCUT2D eigenvalue weighted by Crippen LogP contribution is -3.14. The van der Waals surface area contributed by atoms with Gasteiger partial charge in [-0.3, -0.25) is 9.10 Å². The third-order valence-electron chi connectivity index (χ3n) is 4.27. The number of hydrogen-bond donors (Lipinski definition) is 2. The molecule has 1 amide bonds. The van der Waals surface area contributed by atoms with E-state index in [-0.39, 0.29) is 12.5 Å². The van der Waals surface area contributed by atoms with Gasteiger partial charge in [0.1, 0.15) is 25.4 Å². The van der Waals surface area contributed by atoms with E-state index in [0.717, 1.165) is 49.8 Å². The molecule has 1 fully saturated rings. The lowest BCUT2D eigenvalue weighted by Gasteiger charge is -2.24. The number of ether oxygens (including phenoxy) is 2. The second-order valence-electron chi connectivity index (χ2n) is 6.26. The first-order valence-corrected chi connectivity index (χ1v) is 10.6. The summed E-state index contributed by atoms with van der Waals surface area (Å²) < 4.78 is 35.9. The fourth-order valence-corrected chi connectivity index (χ4v) is 3.74. The molecule has 0 aliphatic carbocycles. The minimum atomic E-state index is -3.62. The van der Waals surface area contributed by atoms with Crippen molar-refractivity contribution in [3.8, 4) is 5.75 Å². The zero-order valence-electron chi connectivity index (χ0n) is 15.4. The standard InChI is InChI=1S/C17H27N3O5S/c1-24-16-7-4-3-6-15(16)20(26(2,22)23)14-17(21)18-8-5-9-19-10-12-25-13-11-19/h3-4,6-7H,5,8-14H2,1-2H3,(H,18,21)/p+1. The number of morpholine rings is 1. The van der Waals surface area contributed by atoms with Crippen LogP contribution in [0.5, 0.6) is 5.75 Å². The van der Waals surface area contributed by atoms with Crippen LogP contribution in [0.3, 0.4) is 0 Å². The topological polar surface area (TPSA) is 89.4 Å². The summed E-state index contributed by atoms with van der Waals surface area (Å²) in [6.07, 6.45) is 1.92. The van der Waals surface area contributed by atoms with Crippen molar-refractivity contribution in [2.45, 2.75) is 6.42 Å². The number of amides is 1. The Balaban J connectivity index is 1.88. The van der Waals surface area contributed by atoms with E-state index >= 15 is 0 Å². The first-order chi connectivity index (χ1) is 12.4. The first kappa shape index (κ1) is 20.5. The summed E-state index contributed by atoms with van der Waals surface area (Å²) >= 11 is 0. The van der Waals surface area contributed by atoms with E-state index in [2.05, 4.69) is 5.32 Å². The summed E-state index contributed by atoms with van der Waals surface area (Å²) in [4.78, 5) is 13.7. The van der Waals surface area contributed by atoms with Gasteiger partial charge in [0.25, 0.3) is 0 Å². The second-order valence-corrected chi connectivity index (χ2v) is 8.16. The van der Waals surface area contributed by atoms with Crippen LogP contribution in [-0.4, -0.2) is 73.6 Å². The number of para-hydroxylation sites is 2. The molecule has 1 aliphatic rings. The number of rotatable bonds is 9. The first-order valence-electron chi connectivity index (χ1n) is 8.70. The molecule has 0 spiro atoms. The van der Waals surface area contributed by atoms with Crippen LogP contribution >= 0.6 is 0 Å². The van der Waals surface area contributed by atoms with Gasteiger partial charge in [-0.25, -0.2) is 8.42 Å². The Hall–Kier alpha value is -1.84. The van der Waals surface area contributed by atoms with E-state index in [1.54, 1.807) is 24.3 Å². The van der Waals surface area contributed by atoms with Crippen molar-refractivity contribution in [2.75, 3.05) is 63.6 Å². The fourth-order valence-electron chi connectivity index (χ4n) is 2.88. The number of nitrogens with one attached hydrogen (secondary N) is 2. The number of hydrogen-bond acceptors (Lipinski definition) is 5. The fraction of sp³-hybridized carbons (Fsp3) is 0.588. The van der Waals surface area contributed by atoms with Crippen LogP contribution in [0.4, 0.5) is 5.69 Å². The number of carbonyl (C=O) groups is 1. The molecule has 1 aromatic carbocycles. The van der Waals surface area contributed by atoms with E-state index in [1.807, 2.05) is 0 Å². The predicted octanol–water partition coefficient (Wildman–Crippen LogP) is -1.12. The van der Waals surface area contributed by atoms with E-state index in [4.69, 9.17) is 9.47 Å². The molecule has 0 saturated carbocycles. The highest BCUT2D eigenvalue weighted by atomic mass is 32.2. The highest BCUT2D eigenvalue weighted by Crippen LogP contribution is 2.29. The summed E-state index contributed by atoms with van der Waals surface area (Å²) in [5.41, 5.74) is 0.352.